The normalized spacial score (nSPS) is 11.0. The summed E-state index contributed by atoms with van der Waals surface area (Å²) in [4.78, 5) is 16.2. The van der Waals surface area contributed by atoms with Crippen LogP contribution in [0.5, 0.6) is 5.75 Å². The van der Waals surface area contributed by atoms with Gasteiger partial charge in [-0.1, -0.05) is 29.4 Å². The Morgan fingerprint density at radius 3 is 2.64 bits per heavy atom. The van der Waals surface area contributed by atoms with Gasteiger partial charge in [-0.2, -0.15) is 4.98 Å². The summed E-state index contributed by atoms with van der Waals surface area (Å²) >= 11 is 0. The summed E-state index contributed by atoms with van der Waals surface area (Å²) < 4.78 is 10.4. The minimum atomic E-state index is -0.261. The van der Waals surface area contributed by atoms with Gasteiger partial charge in [0.1, 0.15) is 5.75 Å². The Kier molecular flexibility index (Phi) is 6.06. The zero-order valence-corrected chi connectivity index (χ0v) is 16.0. The zero-order valence-electron chi connectivity index (χ0n) is 16.0. The topological polar surface area (TPSA) is 89.3 Å². The number of aromatic nitrogens is 2. The quantitative estimate of drug-likeness (QED) is 0.662. The number of nitrogens with one attached hydrogen (secondary N) is 2. The van der Waals surface area contributed by atoms with Crippen LogP contribution in [0.1, 0.15) is 25.3 Å². The van der Waals surface area contributed by atoms with E-state index in [2.05, 4.69) is 20.8 Å². The fraction of sp³-hybridized carbons (Fsp3) is 0.190. The van der Waals surface area contributed by atoms with Gasteiger partial charge in [0.05, 0.1) is 7.11 Å². The number of rotatable bonds is 6. The minimum Gasteiger partial charge on any atom is -0.497 e. The third kappa shape index (κ3) is 5.20. The van der Waals surface area contributed by atoms with E-state index in [1.54, 1.807) is 25.3 Å². The van der Waals surface area contributed by atoms with E-state index in [9.17, 15) is 4.79 Å². The molecule has 0 spiro atoms. The molecule has 0 saturated heterocycles. The number of benzene rings is 2. The molecular weight excluding hydrogens is 356 g/mol. The maximum Gasteiger partial charge on any atom is 0.319 e. The van der Waals surface area contributed by atoms with E-state index in [-0.39, 0.29) is 12.1 Å². The first-order valence-electron chi connectivity index (χ1n) is 8.87. The second kappa shape index (κ2) is 8.85. The second-order valence-electron chi connectivity index (χ2n) is 6.40. The van der Waals surface area contributed by atoms with Crippen molar-refractivity contribution in [2.24, 2.45) is 0 Å². The predicted molar refractivity (Wildman–Crippen MR) is 109 cm³/mol. The molecule has 0 bridgehead atoms. The number of methoxy groups -OCH3 is 1. The number of anilines is 1. The van der Waals surface area contributed by atoms with E-state index < -0.39 is 0 Å². The summed E-state index contributed by atoms with van der Waals surface area (Å²) in [6.45, 7) is 3.80. The Labute approximate surface area is 163 Å². The van der Waals surface area contributed by atoms with Gasteiger partial charge in [-0.15, -0.1) is 0 Å². The van der Waals surface area contributed by atoms with Gasteiger partial charge in [0.2, 0.25) is 5.82 Å². The SMILES string of the molecule is COc1ccc(/C=C/c2nc(-c3cccc(NC(=O)NC(C)C)c3)no2)cc1. The number of amides is 2. The van der Waals surface area contributed by atoms with Crippen LogP contribution < -0.4 is 15.4 Å². The summed E-state index contributed by atoms with van der Waals surface area (Å²) in [5.41, 5.74) is 2.38. The lowest BCUT2D eigenvalue weighted by Gasteiger charge is -2.10. The van der Waals surface area contributed by atoms with Gasteiger partial charge in [-0.25, -0.2) is 4.79 Å². The molecule has 7 heteroatoms. The largest absolute Gasteiger partial charge is 0.497 e. The molecule has 0 aliphatic carbocycles. The van der Waals surface area contributed by atoms with Crippen molar-refractivity contribution in [1.82, 2.24) is 15.5 Å². The van der Waals surface area contributed by atoms with Gasteiger partial charge in [-0.05, 0) is 49.8 Å². The standard InChI is InChI=1S/C21H22N4O3/c1-14(2)22-21(26)23-17-6-4-5-16(13-17)20-24-19(28-25-20)12-9-15-7-10-18(27-3)11-8-15/h4-14H,1-3H3,(H2,22,23,26)/b12-9+. The third-order valence-corrected chi connectivity index (χ3v) is 3.77. The highest BCUT2D eigenvalue weighted by atomic mass is 16.5. The minimum absolute atomic E-state index is 0.0560. The molecule has 2 N–H and O–H groups in total. The Hall–Kier alpha value is -3.61. The lowest BCUT2D eigenvalue weighted by Crippen LogP contribution is -2.34. The molecule has 0 fully saturated rings. The molecule has 1 heterocycles. The van der Waals surface area contributed by atoms with Gasteiger partial charge >= 0.3 is 6.03 Å². The first kappa shape index (κ1) is 19.2. The van der Waals surface area contributed by atoms with E-state index in [4.69, 9.17) is 9.26 Å². The number of urea groups is 1. The van der Waals surface area contributed by atoms with Crippen LogP contribution in [0.2, 0.25) is 0 Å². The van der Waals surface area contributed by atoms with Crippen molar-refractivity contribution >= 4 is 23.9 Å². The monoisotopic (exact) mass is 378 g/mol. The molecule has 2 aromatic carbocycles. The van der Waals surface area contributed by atoms with Crippen LogP contribution in [-0.2, 0) is 0 Å². The van der Waals surface area contributed by atoms with Gasteiger partial charge in [-0.3, -0.25) is 0 Å². The molecule has 0 aliphatic rings. The van der Waals surface area contributed by atoms with Crippen molar-refractivity contribution in [2.75, 3.05) is 12.4 Å². The number of carbonyl (C=O) groups excluding carboxylic acids is 1. The molecule has 3 rings (SSSR count). The summed E-state index contributed by atoms with van der Waals surface area (Å²) in [7, 11) is 1.63. The van der Waals surface area contributed by atoms with Gasteiger partial charge in [0.15, 0.2) is 0 Å². The van der Waals surface area contributed by atoms with Crippen LogP contribution in [0.25, 0.3) is 23.5 Å². The molecular formula is C21H22N4O3. The van der Waals surface area contributed by atoms with Crippen LogP contribution in [0.15, 0.2) is 53.1 Å². The molecule has 2 amide bonds. The van der Waals surface area contributed by atoms with E-state index in [1.807, 2.05) is 56.3 Å². The highest BCUT2D eigenvalue weighted by Gasteiger charge is 2.09. The maximum atomic E-state index is 11.8. The molecule has 0 atom stereocenters. The molecule has 3 aromatic rings. The van der Waals surface area contributed by atoms with Crippen LogP contribution in [0, 0.1) is 0 Å². The second-order valence-corrected chi connectivity index (χ2v) is 6.40. The number of hydrogen-bond donors (Lipinski definition) is 2. The third-order valence-electron chi connectivity index (χ3n) is 3.77. The lowest BCUT2D eigenvalue weighted by atomic mass is 10.2. The molecule has 0 aliphatic heterocycles. The first-order chi connectivity index (χ1) is 13.5. The Morgan fingerprint density at radius 1 is 1.14 bits per heavy atom. The van der Waals surface area contributed by atoms with Crippen molar-refractivity contribution in [2.45, 2.75) is 19.9 Å². The molecule has 0 saturated carbocycles. The van der Waals surface area contributed by atoms with E-state index in [0.717, 1.165) is 16.9 Å². The van der Waals surface area contributed by atoms with E-state index in [1.165, 1.54) is 0 Å². The lowest BCUT2D eigenvalue weighted by molar-refractivity contribution is 0.250. The average molecular weight is 378 g/mol. The Balaban J connectivity index is 1.70. The molecule has 1 aromatic heterocycles. The van der Waals surface area contributed by atoms with Crippen molar-refractivity contribution in [3.05, 3.63) is 60.0 Å². The highest BCUT2D eigenvalue weighted by molar-refractivity contribution is 5.90. The molecule has 144 valence electrons. The van der Waals surface area contributed by atoms with Crippen molar-refractivity contribution in [1.29, 1.82) is 0 Å². The fourth-order valence-electron chi connectivity index (χ4n) is 2.47. The van der Waals surface area contributed by atoms with E-state index in [0.29, 0.717) is 17.4 Å². The van der Waals surface area contributed by atoms with Gasteiger partial charge in [0.25, 0.3) is 5.89 Å². The smallest absolute Gasteiger partial charge is 0.319 e. The number of ether oxygens (including phenoxy) is 1. The highest BCUT2D eigenvalue weighted by Crippen LogP contribution is 2.21. The number of hydrogen-bond acceptors (Lipinski definition) is 5. The number of nitrogens with zero attached hydrogens (tertiary/aromatic N) is 2. The summed E-state index contributed by atoms with van der Waals surface area (Å²) in [5, 5.41) is 9.57. The molecule has 7 nitrogen and oxygen atoms in total. The van der Waals surface area contributed by atoms with Crippen LogP contribution in [0.3, 0.4) is 0 Å². The molecule has 28 heavy (non-hydrogen) atoms. The van der Waals surface area contributed by atoms with Gasteiger partial charge in [0, 0.05) is 23.4 Å². The molecule has 0 radical (unpaired) electrons. The predicted octanol–water partition coefficient (Wildman–Crippen LogP) is 4.45. The maximum absolute atomic E-state index is 11.8. The summed E-state index contributed by atoms with van der Waals surface area (Å²) in [6.07, 6.45) is 3.63. The van der Waals surface area contributed by atoms with E-state index >= 15 is 0 Å². The van der Waals surface area contributed by atoms with Crippen LogP contribution >= 0.6 is 0 Å². The van der Waals surface area contributed by atoms with Gasteiger partial charge < -0.3 is 19.9 Å². The fourth-order valence-corrected chi connectivity index (χ4v) is 2.47. The van der Waals surface area contributed by atoms with Crippen LogP contribution in [-0.4, -0.2) is 29.3 Å². The zero-order chi connectivity index (χ0) is 19.9. The van der Waals surface area contributed by atoms with Crippen molar-refractivity contribution in [3.63, 3.8) is 0 Å². The Bertz CT molecular complexity index is 962. The van der Waals surface area contributed by atoms with Crippen molar-refractivity contribution in [3.8, 4) is 17.1 Å². The number of carbonyl (C=O) groups is 1. The average Bonchev–Trinajstić information content (AvgIpc) is 3.15. The van der Waals surface area contributed by atoms with Crippen LogP contribution in [0.4, 0.5) is 10.5 Å². The Morgan fingerprint density at radius 2 is 1.93 bits per heavy atom. The summed E-state index contributed by atoms with van der Waals surface area (Å²) in [5.74, 6) is 1.64. The summed E-state index contributed by atoms with van der Waals surface area (Å²) in [6, 6.07) is 14.7. The van der Waals surface area contributed by atoms with Crippen molar-refractivity contribution < 1.29 is 14.1 Å². The first-order valence-corrected chi connectivity index (χ1v) is 8.87. The molecule has 0 unspecified atom stereocenters.